The van der Waals surface area contributed by atoms with Gasteiger partial charge in [0.05, 0.1) is 7.11 Å². The molecule has 0 aliphatic carbocycles. The predicted octanol–water partition coefficient (Wildman–Crippen LogP) is 6.13. The molecule has 3 rings (SSSR count). The van der Waals surface area contributed by atoms with E-state index in [0.717, 1.165) is 23.1 Å². The fourth-order valence-electron chi connectivity index (χ4n) is 3.09. The van der Waals surface area contributed by atoms with Gasteiger partial charge in [0.1, 0.15) is 5.82 Å². The van der Waals surface area contributed by atoms with Crippen LogP contribution in [-0.4, -0.2) is 7.11 Å². The molecular weight excluding hydrogens is 349 g/mol. The Bertz CT molecular complexity index is 933. The Hall–Kier alpha value is -2.75. The molecule has 3 aromatic rings. The molecule has 0 unspecified atom stereocenters. The Kier molecular flexibility index (Phi) is 5.84. The number of hydrogen-bond acceptors (Lipinski definition) is 1. The third-order valence-corrected chi connectivity index (χ3v) is 4.73. The van der Waals surface area contributed by atoms with Crippen molar-refractivity contribution in [2.45, 2.75) is 26.2 Å². The number of methoxy groups -OCH3 is 1. The molecular formula is C23H21F3O. The summed E-state index contributed by atoms with van der Waals surface area (Å²) >= 11 is 0. The maximum atomic E-state index is 14.2. The van der Waals surface area contributed by atoms with Crippen molar-refractivity contribution >= 4 is 0 Å². The van der Waals surface area contributed by atoms with Crippen molar-refractivity contribution in [3.8, 4) is 16.9 Å². The summed E-state index contributed by atoms with van der Waals surface area (Å²) in [7, 11) is 1.30. The predicted molar refractivity (Wildman–Crippen MR) is 102 cm³/mol. The van der Waals surface area contributed by atoms with E-state index in [-0.39, 0.29) is 17.1 Å². The van der Waals surface area contributed by atoms with Crippen LogP contribution in [0.3, 0.4) is 0 Å². The van der Waals surface area contributed by atoms with E-state index in [1.807, 2.05) is 31.2 Å². The molecule has 0 saturated carbocycles. The van der Waals surface area contributed by atoms with Crippen LogP contribution in [0.1, 0.15) is 23.6 Å². The Morgan fingerprint density at radius 1 is 0.778 bits per heavy atom. The number of aryl methyl sites for hydroxylation is 3. The van der Waals surface area contributed by atoms with Gasteiger partial charge in [-0.3, -0.25) is 0 Å². The van der Waals surface area contributed by atoms with Crippen molar-refractivity contribution in [3.05, 3.63) is 88.7 Å². The lowest BCUT2D eigenvalue weighted by Crippen LogP contribution is -1.96. The largest absolute Gasteiger partial charge is 0.494 e. The van der Waals surface area contributed by atoms with Crippen molar-refractivity contribution in [2.75, 3.05) is 7.11 Å². The molecule has 0 aliphatic heterocycles. The zero-order valence-corrected chi connectivity index (χ0v) is 15.4. The molecule has 140 valence electrons. The van der Waals surface area contributed by atoms with Crippen molar-refractivity contribution in [1.82, 2.24) is 0 Å². The van der Waals surface area contributed by atoms with E-state index in [0.29, 0.717) is 18.4 Å². The molecule has 0 atom stereocenters. The number of halogens is 3. The summed E-state index contributed by atoms with van der Waals surface area (Å²) in [6, 6.07) is 15.6. The average molecular weight is 370 g/mol. The standard InChI is InChI=1S/C23H21F3O/c1-3-17-9-8-16(14-20(17)24)5-4-15-6-10-18(11-7-15)19-12-13-21(27-2)23(26)22(19)25/h6-14H,3-5H2,1-2H3. The lowest BCUT2D eigenvalue weighted by Gasteiger charge is -2.09. The molecule has 0 radical (unpaired) electrons. The maximum Gasteiger partial charge on any atom is 0.201 e. The molecule has 0 saturated heterocycles. The fraction of sp³-hybridized carbons (Fsp3) is 0.217. The third kappa shape index (κ3) is 4.16. The molecule has 0 spiro atoms. The second kappa shape index (κ2) is 8.30. The van der Waals surface area contributed by atoms with E-state index in [9.17, 15) is 13.2 Å². The lowest BCUT2D eigenvalue weighted by molar-refractivity contribution is 0.372. The van der Waals surface area contributed by atoms with Gasteiger partial charge in [-0.2, -0.15) is 4.39 Å². The first-order valence-electron chi connectivity index (χ1n) is 8.92. The first-order chi connectivity index (χ1) is 13.0. The summed E-state index contributed by atoms with van der Waals surface area (Å²) in [5, 5.41) is 0. The van der Waals surface area contributed by atoms with E-state index < -0.39 is 11.6 Å². The van der Waals surface area contributed by atoms with Crippen LogP contribution in [-0.2, 0) is 19.3 Å². The SMILES string of the molecule is CCc1ccc(CCc2ccc(-c3ccc(OC)c(F)c3F)cc2)cc1F. The van der Waals surface area contributed by atoms with Crippen LogP contribution in [0.5, 0.6) is 5.75 Å². The van der Waals surface area contributed by atoms with E-state index in [2.05, 4.69) is 0 Å². The van der Waals surface area contributed by atoms with Crippen LogP contribution < -0.4 is 4.74 Å². The van der Waals surface area contributed by atoms with Gasteiger partial charge in [0, 0.05) is 5.56 Å². The van der Waals surface area contributed by atoms with Crippen LogP contribution in [0.4, 0.5) is 13.2 Å². The number of rotatable bonds is 6. The van der Waals surface area contributed by atoms with Gasteiger partial charge in [-0.25, -0.2) is 8.78 Å². The summed E-state index contributed by atoms with van der Waals surface area (Å²) in [6.45, 7) is 1.93. The Morgan fingerprint density at radius 3 is 2.07 bits per heavy atom. The molecule has 3 aromatic carbocycles. The molecule has 4 heteroatoms. The Morgan fingerprint density at radius 2 is 1.44 bits per heavy atom. The molecule has 0 amide bonds. The molecule has 0 N–H and O–H groups in total. The minimum Gasteiger partial charge on any atom is -0.494 e. The highest BCUT2D eigenvalue weighted by molar-refractivity contribution is 5.65. The normalized spacial score (nSPS) is 10.9. The summed E-state index contributed by atoms with van der Waals surface area (Å²) < 4.78 is 46.8. The van der Waals surface area contributed by atoms with E-state index in [1.165, 1.54) is 19.2 Å². The summed E-state index contributed by atoms with van der Waals surface area (Å²) in [5.74, 6) is -2.19. The van der Waals surface area contributed by atoms with Crippen molar-refractivity contribution in [3.63, 3.8) is 0 Å². The zero-order valence-electron chi connectivity index (χ0n) is 15.4. The van der Waals surface area contributed by atoms with Crippen LogP contribution >= 0.6 is 0 Å². The fourth-order valence-corrected chi connectivity index (χ4v) is 3.09. The quantitative estimate of drug-likeness (QED) is 0.507. The van der Waals surface area contributed by atoms with Crippen LogP contribution in [0.2, 0.25) is 0 Å². The highest BCUT2D eigenvalue weighted by Crippen LogP contribution is 2.30. The number of hydrogen-bond donors (Lipinski definition) is 0. The average Bonchev–Trinajstić information content (AvgIpc) is 2.69. The van der Waals surface area contributed by atoms with E-state index in [4.69, 9.17) is 4.74 Å². The van der Waals surface area contributed by atoms with Crippen molar-refractivity contribution < 1.29 is 17.9 Å². The molecule has 27 heavy (non-hydrogen) atoms. The second-order valence-electron chi connectivity index (χ2n) is 6.42. The summed E-state index contributed by atoms with van der Waals surface area (Å²) in [6.07, 6.45) is 2.13. The Labute approximate surface area is 157 Å². The first-order valence-corrected chi connectivity index (χ1v) is 8.92. The molecule has 0 fully saturated rings. The molecule has 1 nitrogen and oxygen atoms in total. The van der Waals surface area contributed by atoms with Gasteiger partial charge < -0.3 is 4.74 Å². The van der Waals surface area contributed by atoms with Crippen LogP contribution in [0, 0.1) is 17.5 Å². The monoisotopic (exact) mass is 370 g/mol. The molecule has 0 aliphatic rings. The minimum absolute atomic E-state index is 0.116. The van der Waals surface area contributed by atoms with Crippen molar-refractivity contribution in [1.29, 1.82) is 0 Å². The highest BCUT2D eigenvalue weighted by Gasteiger charge is 2.15. The van der Waals surface area contributed by atoms with Gasteiger partial charge in [-0.15, -0.1) is 0 Å². The number of ether oxygens (including phenoxy) is 1. The smallest absolute Gasteiger partial charge is 0.201 e. The second-order valence-corrected chi connectivity index (χ2v) is 6.42. The van der Waals surface area contributed by atoms with Gasteiger partial charge in [0.2, 0.25) is 5.82 Å². The van der Waals surface area contributed by atoms with E-state index >= 15 is 0 Å². The molecule has 0 bridgehead atoms. The molecule has 0 heterocycles. The topological polar surface area (TPSA) is 9.23 Å². The van der Waals surface area contributed by atoms with Crippen LogP contribution in [0.25, 0.3) is 11.1 Å². The minimum atomic E-state index is -0.989. The maximum absolute atomic E-state index is 14.2. The van der Waals surface area contributed by atoms with Gasteiger partial charge in [-0.1, -0.05) is 43.3 Å². The van der Waals surface area contributed by atoms with E-state index in [1.54, 1.807) is 18.2 Å². The zero-order chi connectivity index (χ0) is 19.4. The first kappa shape index (κ1) is 19.0. The van der Waals surface area contributed by atoms with Gasteiger partial charge in [-0.05, 0) is 59.7 Å². The third-order valence-electron chi connectivity index (χ3n) is 4.73. The summed E-state index contributed by atoms with van der Waals surface area (Å²) in [5.41, 5.74) is 3.50. The Balaban J connectivity index is 1.72. The van der Waals surface area contributed by atoms with Gasteiger partial charge >= 0.3 is 0 Å². The van der Waals surface area contributed by atoms with Crippen molar-refractivity contribution in [2.24, 2.45) is 0 Å². The van der Waals surface area contributed by atoms with Gasteiger partial charge in [0.25, 0.3) is 0 Å². The highest BCUT2D eigenvalue weighted by atomic mass is 19.2. The van der Waals surface area contributed by atoms with Gasteiger partial charge in [0.15, 0.2) is 11.6 Å². The number of benzene rings is 3. The molecule has 0 aromatic heterocycles. The summed E-state index contributed by atoms with van der Waals surface area (Å²) in [4.78, 5) is 0. The lowest BCUT2D eigenvalue weighted by atomic mass is 9.99. The van der Waals surface area contributed by atoms with Crippen LogP contribution in [0.15, 0.2) is 54.6 Å².